The van der Waals surface area contributed by atoms with Crippen LogP contribution >= 0.6 is 61.8 Å². The predicted molar refractivity (Wildman–Crippen MR) is 74.4 cm³/mol. The molecule has 1 nitrogen and oxygen atoms in total. The van der Waals surface area contributed by atoms with Gasteiger partial charge in [0, 0.05) is 16.9 Å². The maximum Gasteiger partial charge on any atom is 0.170 e. The van der Waals surface area contributed by atoms with E-state index in [2.05, 4.69) is 15.9 Å². The Bertz CT molecular complexity index is 533. The fourth-order valence-electron chi connectivity index (χ4n) is 1.23. The first-order chi connectivity index (χ1) is 7.56. The average Bonchev–Trinajstić information content (AvgIpc) is 2.73. The number of thiophene rings is 2. The molecule has 2 heterocycles. The van der Waals surface area contributed by atoms with E-state index in [0.29, 0.717) is 20.7 Å². The van der Waals surface area contributed by atoms with Crippen molar-refractivity contribution in [3.05, 3.63) is 41.1 Å². The maximum atomic E-state index is 11.9. The summed E-state index contributed by atoms with van der Waals surface area (Å²) in [5.74, 6) is 0.00231. The van der Waals surface area contributed by atoms with E-state index in [4.69, 9.17) is 23.2 Å². The van der Waals surface area contributed by atoms with Gasteiger partial charge in [0.15, 0.2) is 5.78 Å². The molecular formula is C10H5BrCl2OS2. The van der Waals surface area contributed by atoms with Crippen molar-refractivity contribution in [2.75, 3.05) is 0 Å². The molecule has 2 aromatic heterocycles. The van der Waals surface area contributed by atoms with Gasteiger partial charge in [0.1, 0.15) is 4.34 Å². The molecule has 0 aromatic carbocycles. The number of Topliss-reactive ketones (excluding diaryl/α,β-unsaturated/α-hetero) is 1. The van der Waals surface area contributed by atoms with E-state index in [9.17, 15) is 4.79 Å². The van der Waals surface area contributed by atoms with Gasteiger partial charge in [0.05, 0.1) is 8.12 Å². The fraction of sp³-hybridized carbons (Fsp3) is 0.100. The van der Waals surface area contributed by atoms with E-state index in [-0.39, 0.29) is 5.78 Å². The van der Waals surface area contributed by atoms with Gasteiger partial charge < -0.3 is 0 Å². The Kier molecular flexibility index (Phi) is 4.08. The number of ketones is 1. The zero-order chi connectivity index (χ0) is 11.7. The minimum atomic E-state index is 0.00231. The van der Waals surface area contributed by atoms with Crippen molar-refractivity contribution in [3.8, 4) is 0 Å². The lowest BCUT2D eigenvalue weighted by Crippen LogP contribution is -2.00. The van der Waals surface area contributed by atoms with Gasteiger partial charge in [0.25, 0.3) is 0 Å². The Morgan fingerprint density at radius 2 is 2.06 bits per heavy atom. The monoisotopic (exact) mass is 354 g/mol. The Hall–Kier alpha value is 0.130. The minimum absolute atomic E-state index is 0.00231. The molecule has 0 amide bonds. The van der Waals surface area contributed by atoms with E-state index >= 15 is 0 Å². The van der Waals surface area contributed by atoms with Crippen LogP contribution < -0.4 is 0 Å². The molecule has 0 fully saturated rings. The molecule has 84 valence electrons. The summed E-state index contributed by atoms with van der Waals surface area (Å²) >= 11 is 17.8. The quantitative estimate of drug-likeness (QED) is 0.682. The Balaban J connectivity index is 2.17. The summed E-state index contributed by atoms with van der Waals surface area (Å²) < 4.78 is 2.02. The number of rotatable bonds is 3. The number of carbonyl (C=O) groups excluding carboxylic acids is 1. The van der Waals surface area contributed by atoms with Crippen LogP contribution in [-0.2, 0) is 6.42 Å². The van der Waals surface area contributed by atoms with Gasteiger partial charge in [-0.15, -0.1) is 22.7 Å². The van der Waals surface area contributed by atoms with Gasteiger partial charge in [-0.2, -0.15) is 0 Å². The third-order valence-electron chi connectivity index (χ3n) is 1.92. The van der Waals surface area contributed by atoms with E-state index < -0.39 is 0 Å². The second-order valence-electron chi connectivity index (χ2n) is 3.04. The van der Waals surface area contributed by atoms with Crippen LogP contribution in [0.4, 0.5) is 0 Å². The molecule has 0 aliphatic heterocycles. The number of hydrogen-bond donors (Lipinski definition) is 0. The molecule has 0 unspecified atom stereocenters. The van der Waals surface area contributed by atoms with Crippen LogP contribution in [-0.4, -0.2) is 5.78 Å². The van der Waals surface area contributed by atoms with Crippen LogP contribution in [0.5, 0.6) is 0 Å². The van der Waals surface area contributed by atoms with Crippen LogP contribution in [0.1, 0.15) is 15.2 Å². The molecule has 0 radical (unpaired) electrons. The van der Waals surface area contributed by atoms with Crippen molar-refractivity contribution in [3.63, 3.8) is 0 Å². The summed E-state index contributed by atoms with van der Waals surface area (Å²) in [4.78, 5) is 12.9. The highest BCUT2D eigenvalue weighted by Gasteiger charge is 2.15. The molecule has 2 aromatic rings. The fourth-order valence-corrected chi connectivity index (χ4v) is 4.21. The van der Waals surface area contributed by atoms with Crippen LogP contribution in [0.3, 0.4) is 0 Å². The predicted octanol–water partition coefficient (Wildman–Crippen LogP) is 5.30. The topological polar surface area (TPSA) is 17.1 Å². The van der Waals surface area contributed by atoms with Crippen molar-refractivity contribution in [1.82, 2.24) is 0 Å². The largest absolute Gasteiger partial charge is 0.294 e. The third kappa shape index (κ3) is 2.87. The van der Waals surface area contributed by atoms with Crippen LogP contribution in [0.2, 0.25) is 8.67 Å². The first-order valence-corrected chi connectivity index (χ1v) is 7.46. The highest BCUT2D eigenvalue weighted by atomic mass is 79.9. The number of halogens is 3. The second kappa shape index (κ2) is 5.19. The molecule has 0 aliphatic rings. The third-order valence-corrected chi connectivity index (χ3v) is 5.03. The van der Waals surface area contributed by atoms with Crippen molar-refractivity contribution in [1.29, 1.82) is 0 Å². The second-order valence-corrected chi connectivity index (χ2v) is 7.88. The zero-order valence-corrected chi connectivity index (χ0v) is 12.5. The first kappa shape index (κ1) is 12.6. The maximum absolute atomic E-state index is 11.9. The smallest absolute Gasteiger partial charge is 0.170 e. The molecule has 0 atom stereocenters. The molecule has 0 aliphatic carbocycles. The molecule has 0 N–H and O–H groups in total. The summed E-state index contributed by atoms with van der Waals surface area (Å²) in [5, 5.41) is 0. The lowest BCUT2D eigenvalue weighted by atomic mass is 10.1. The lowest BCUT2D eigenvalue weighted by Gasteiger charge is -1.95. The lowest BCUT2D eigenvalue weighted by molar-refractivity contribution is 0.0994. The standard InChI is InChI=1S/C10H5BrCl2OS2/c11-8-2-1-5(15-8)3-7(14)6-4-9(12)16-10(6)13/h1-2,4H,3H2. The SMILES string of the molecule is O=C(Cc1ccc(Br)s1)c1cc(Cl)sc1Cl. The Morgan fingerprint density at radius 3 is 2.56 bits per heavy atom. The summed E-state index contributed by atoms with van der Waals surface area (Å²) in [6.07, 6.45) is 0.364. The molecule has 0 saturated carbocycles. The minimum Gasteiger partial charge on any atom is -0.294 e. The zero-order valence-electron chi connectivity index (χ0n) is 7.80. The Morgan fingerprint density at radius 1 is 1.31 bits per heavy atom. The van der Waals surface area contributed by atoms with E-state index in [1.807, 2.05) is 12.1 Å². The van der Waals surface area contributed by atoms with Crippen LogP contribution in [0.15, 0.2) is 22.0 Å². The van der Waals surface area contributed by atoms with Crippen molar-refractivity contribution < 1.29 is 4.79 Å². The molecule has 0 bridgehead atoms. The molecule has 0 saturated heterocycles. The van der Waals surface area contributed by atoms with Gasteiger partial charge in [-0.3, -0.25) is 4.79 Å². The van der Waals surface area contributed by atoms with Crippen molar-refractivity contribution >= 4 is 67.6 Å². The van der Waals surface area contributed by atoms with Crippen LogP contribution in [0.25, 0.3) is 0 Å². The van der Waals surface area contributed by atoms with Gasteiger partial charge in [-0.25, -0.2) is 0 Å². The highest BCUT2D eigenvalue weighted by Crippen LogP contribution is 2.32. The number of carbonyl (C=O) groups is 1. The van der Waals surface area contributed by atoms with Gasteiger partial charge in [-0.05, 0) is 34.1 Å². The van der Waals surface area contributed by atoms with E-state index in [0.717, 1.165) is 8.66 Å². The van der Waals surface area contributed by atoms with E-state index in [1.54, 1.807) is 17.4 Å². The van der Waals surface area contributed by atoms with Crippen LogP contribution in [0, 0.1) is 0 Å². The molecule has 6 heteroatoms. The Labute approximate surface area is 119 Å². The normalized spacial score (nSPS) is 10.7. The summed E-state index contributed by atoms with van der Waals surface area (Å²) in [6.45, 7) is 0. The molecule has 0 spiro atoms. The van der Waals surface area contributed by atoms with Gasteiger partial charge in [-0.1, -0.05) is 23.2 Å². The number of hydrogen-bond acceptors (Lipinski definition) is 3. The highest BCUT2D eigenvalue weighted by molar-refractivity contribution is 9.11. The first-order valence-electron chi connectivity index (χ1n) is 4.28. The molecular weight excluding hydrogens is 351 g/mol. The molecule has 16 heavy (non-hydrogen) atoms. The van der Waals surface area contributed by atoms with Crippen molar-refractivity contribution in [2.45, 2.75) is 6.42 Å². The van der Waals surface area contributed by atoms with Gasteiger partial charge in [0.2, 0.25) is 0 Å². The summed E-state index contributed by atoms with van der Waals surface area (Å²) in [7, 11) is 0. The summed E-state index contributed by atoms with van der Waals surface area (Å²) in [5.41, 5.74) is 0.515. The molecule has 2 rings (SSSR count). The van der Waals surface area contributed by atoms with E-state index in [1.165, 1.54) is 11.3 Å². The summed E-state index contributed by atoms with van der Waals surface area (Å²) in [6, 6.07) is 5.48. The van der Waals surface area contributed by atoms with Crippen molar-refractivity contribution in [2.24, 2.45) is 0 Å². The van der Waals surface area contributed by atoms with Gasteiger partial charge >= 0.3 is 0 Å². The average molecular weight is 356 g/mol.